The maximum Gasteiger partial charge on any atom is 0.101 e. The quantitative estimate of drug-likeness (QED) is 0.513. The van der Waals surface area contributed by atoms with E-state index in [0.717, 1.165) is 0 Å². The number of aromatic nitrogens is 1. The van der Waals surface area contributed by atoms with E-state index in [2.05, 4.69) is 43.3 Å². The summed E-state index contributed by atoms with van der Waals surface area (Å²) in [6.07, 6.45) is 10.5. The molecular formula is C14H27NSi. The maximum absolute atomic E-state index is 3.40. The third kappa shape index (κ3) is 4.56. The van der Waals surface area contributed by atoms with Crippen LogP contribution in [0.25, 0.3) is 0 Å². The van der Waals surface area contributed by atoms with E-state index in [-0.39, 0.29) is 0 Å². The van der Waals surface area contributed by atoms with E-state index >= 15 is 0 Å². The molecule has 0 amide bonds. The number of unbranched alkanes of at least 4 members (excludes halogenated alkanes) is 5. The average molecular weight is 237 g/mol. The predicted octanol–water partition coefficient (Wildman–Crippen LogP) is 4.29. The molecule has 1 heterocycles. The van der Waals surface area contributed by atoms with Crippen molar-refractivity contribution in [2.24, 2.45) is 0 Å². The van der Waals surface area contributed by atoms with E-state index in [1.807, 2.05) is 0 Å². The minimum absolute atomic E-state index is 1.15. The molecule has 0 aliphatic carbocycles. The van der Waals surface area contributed by atoms with Gasteiger partial charge >= 0.3 is 0 Å². The van der Waals surface area contributed by atoms with Crippen molar-refractivity contribution in [2.45, 2.75) is 64.6 Å². The largest absolute Gasteiger partial charge is 0.369 e. The summed E-state index contributed by atoms with van der Waals surface area (Å²) in [5, 5.41) is 1.51. The minimum Gasteiger partial charge on any atom is -0.369 e. The van der Waals surface area contributed by atoms with Crippen LogP contribution in [0.4, 0.5) is 0 Å². The number of rotatable bonds is 8. The molecule has 0 saturated heterocycles. The first-order valence-electron chi connectivity index (χ1n) is 6.80. The lowest BCUT2D eigenvalue weighted by molar-refractivity contribution is 0.622. The molecule has 2 heteroatoms. The van der Waals surface area contributed by atoms with Gasteiger partial charge in [-0.15, -0.1) is 0 Å². The van der Waals surface area contributed by atoms with Crippen molar-refractivity contribution in [1.82, 2.24) is 4.98 Å². The van der Waals surface area contributed by atoms with Gasteiger partial charge in [-0.3, -0.25) is 0 Å². The van der Waals surface area contributed by atoms with Gasteiger partial charge in [0.15, 0.2) is 0 Å². The molecule has 1 rings (SSSR count). The van der Waals surface area contributed by atoms with Gasteiger partial charge in [0.1, 0.15) is 8.07 Å². The summed E-state index contributed by atoms with van der Waals surface area (Å²) in [6.45, 7) is 7.23. The van der Waals surface area contributed by atoms with Crippen molar-refractivity contribution in [3.8, 4) is 0 Å². The second-order valence-corrected chi connectivity index (χ2v) is 10.3. The first kappa shape index (κ1) is 13.6. The SMILES string of the molecule is CCCCCCCC[Si](C)(C)c1ccc[nH]1. The van der Waals surface area contributed by atoms with Crippen molar-refractivity contribution in [2.75, 3.05) is 0 Å². The molecule has 92 valence electrons. The van der Waals surface area contributed by atoms with Crippen LogP contribution in [0.3, 0.4) is 0 Å². The second-order valence-electron chi connectivity index (χ2n) is 5.49. The van der Waals surface area contributed by atoms with Crippen LogP contribution < -0.4 is 5.32 Å². The Kier molecular flexibility index (Phi) is 5.89. The molecule has 1 N–H and O–H groups in total. The van der Waals surface area contributed by atoms with E-state index in [4.69, 9.17) is 0 Å². The van der Waals surface area contributed by atoms with Crippen molar-refractivity contribution in [1.29, 1.82) is 0 Å². The Morgan fingerprint density at radius 2 is 1.75 bits per heavy atom. The van der Waals surface area contributed by atoms with Crippen LogP contribution in [0.15, 0.2) is 18.3 Å². The third-order valence-electron chi connectivity index (χ3n) is 3.48. The number of hydrogen-bond acceptors (Lipinski definition) is 0. The van der Waals surface area contributed by atoms with Gasteiger partial charge in [-0.05, 0) is 17.4 Å². The Morgan fingerprint density at radius 1 is 1.06 bits per heavy atom. The van der Waals surface area contributed by atoms with Gasteiger partial charge in [0.2, 0.25) is 0 Å². The van der Waals surface area contributed by atoms with Crippen molar-refractivity contribution < 1.29 is 0 Å². The Hall–Kier alpha value is -0.503. The fourth-order valence-electron chi connectivity index (χ4n) is 2.23. The van der Waals surface area contributed by atoms with Crippen LogP contribution >= 0.6 is 0 Å². The van der Waals surface area contributed by atoms with Crippen molar-refractivity contribution in [3.63, 3.8) is 0 Å². The van der Waals surface area contributed by atoms with Crippen LogP contribution in [-0.4, -0.2) is 13.1 Å². The lowest BCUT2D eigenvalue weighted by Gasteiger charge is -2.20. The van der Waals surface area contributed by atoms with E-state index < -0.39 is 8.07 Å². The van der Waals surface area contributed by atoms with E-state index in [1.165, 1.54) is 49.9 Å². The zero-order chi connectivity index (χ0) is 11.9. The molecule has 1 aromatic rings. The van der Waals surface area contributed by atoms with Gasteiger partial charge in [-0.25, -0.2) is 0 Å². The molecule has 0 bridgehead atoms. The van der Waals surface area contributed by atoms with Gasteiger partial charge in [-0.2, -0.15) is 0 Å². The van der Waals surface area contributed by atoms with Crippen LogP contribution in [0.1, 0.15) is 45.4 Å². The highest BCUT2D eigenvalue weighted by Crippen LogP contribution is 2.15. The zero-order valence-corrected chi connectivity index (χ0v) is 12.2. The van der Waals surface area contributed by atoms with Gasteiger partial charge in [0, 0.05) is 6.20 Å². The monoisotopic (exact) mass is 237 g/mol. The molecular weight excluding hydrogens is 210 g/mol. The van der Waals surface area contributed by atoms with Crippen molar-refractivity contribution in [3.05, 3.63) is 18.3 Å². The van der Waals surface area contributed by atoms with E-state index in [9.17, 15) is 0 Å². The average Bonchev–Trinajstić information content (AvgIpc) is 2.77. The molecule has 1 nitrogen and oxygen atoms in total. The molecule has 1 aromatic heterocycles. The van der Waals surface area contributed by atoms with Crippen LogP contribution in [0.2, 0.25) is 19.1 Å². The minimum atomic E-state index is -1.15. The second kappa shape index (κ2) is 6.95. The highest BCUT2D eigenvalue weighted by Gasteiger charge is 2.23. The van der Waals surface area contributed by atoms with E-state index in [0.29, 0.717) is 0 Å². The highest BCUT2D eigenvalue weighted by atomic mass is 28.3. The van der Waals surface area contributed by atoms with Gasteiger partial charge < -0.3 is 4.98 Å². The fourth-order valence-corrected chi connectivity index (χ4v) is 4.66. The molecule has 0 spiro atoms. The molecule has 0 aliphatic heterocycles. The summed E-state index contributed by atoms with van der Waals surface area (Å²) in [4.78, 5) is 3.40. The first-order chi connectivity index (χ1) is 7.67. The summed E-state index contributed by atoms with van der Waals surface area (Å²) in [7, 11) is -1.15. The standard InChI is InChI=1S/C14H27NSi/c1-4-5-6-7-8-9-13-16(2,3)14-11-10-12-15-14/h10-12,15H,4-9,13H2,1-3H3. The van der Waals surface area contributed by atoms with E-state index in [1.54, 1.807) is 0 Å². The lowest BCUT2D eigenvalue weighted by atomic mass is 10.1. The number of aromatic amines is 1. The Morgan fingerprint density at radius 3 is 2.38 bits per heavy atom. The lowest BCUT2D eigenvalue weighted by Crippen LogP contribution is -2.41. The predicted molar refractivity (Wildman–Crippen MR) is 76.1 cm³/mol. The molecule has 16 heavy (non-hydrogen) atoms. The summed E-state index contributed by atoms with van der Waals surface area (Å²) >= 11 is 0. The third-order valence-corrected chi connectivity index (χ3v) is 6.86. The zero-order valence-electron chi connectivity index (χ0n) is 11.2. The normalized spacial score (nSPS) is 11.9. The van der Waals surface area contributed by atoms with Crippen LogP contribution in [-0.2, 0) is 0 Å². The smallest absolute Gasteiger partial charge is 0.101 e. The molecule has 0 radical (unpaired) electrons. The van der Waals surface area contributed by atoms with Crippen molar-refractivity contribution >= 4 is 13.4 Å². The molecule has 0 aromatic carbocycles. The summed E-state index contributed by atoms with van der Waals surface area (Å²) in [5.41, 5.74) is 0. The Balaban J connectivity index is 2.17. The molecule has 0 unspecified atom stereocenters. The molecule has 0 atom stereocenters. The first-order valence-corrected chi connectivity index (χ1v) is 10.0. The number of hydrogen-bond donors (Lipinski definition) is 1. The maximum atomic E-state index is 3.40. The highest BCUT2D eigenvalue weighted by molar-refractivity contribution is 6.89. The fraction of sp³-hybridized carbons (Fsp3) is 0.714. The van der Waals surface area contributed by atoms with Crippen LogP contribution in [0, 0.1) is 0 Å². The molecule has 0 saturated carbocycles. The van der Waals surface area contributed by atoms with Gasteiger partial charge in [0.05, 0.1) is 0 Å². The van der Waals surface area contributed by atoms with Gasteiger partial charge in [-0.1, -0.05) is 64.6 Å². The summed E-state index contributed by atoms with van der Waals surface area (Å²) < 4.78 is 0. The topological polar surface area (TPSA) is 15.8 Å². The molecule has 0 fully saturated rings. The number of H-pyrrole nitrogens is 1. The van der Waals surface area contributed by atoms with Gasteiger partial charge in [0.25, 0.3) is 0 Å². The van der Waals surface area contributed by atoms with Crippen LogP contribution in [0.5, 0.6) is 0 Å². The molecule has 0 aliphatic rings. The Bertz CT molecular complexity index is 264. The summed E-state index contributed by atoms with van der Waals surface area (Å²) in [6, 6.07) is 5.83. The Labute approximate surface area is 102 Å². The number of nitrogens with one attached hydrogen (secondary N) is 1. The summed E-state index contributed by atoms with van der Waals surface area (Å²) in [5.74, 6) is 0.